The summed E-state index contributed by atoms with van der Waals surface area (Å²) < 4.78 is 8.26. The van der Waals surface area contributed by atoms with E-state index in [2.05, 4.69) is 184 Å². The zero-order chi connectivity index (χ0) is 35.7. The van der Waals surface area contributed by atoms with E-state index in [4.69, 9.17) is 4.74 Å². The van der Waals surface area contributed by atoms with Gasteiger partial charge in [0, 0.05) is 35.5 Å². The van der Waals surface area contributed by atoms with Crippen LogP contribution >= 0.6 is 0 Å². The van der Waals surface area contributed by atoms with E-state index >= 15 is 0 Å². The molecule has 0 aliphatic rings. The molecule has 0 spiro atoms. The first kappa shape index (κ1) is 41.8. The van der Waals surface area contributed by atoms with Crippen LogP contribution in [0.3, 0.4) is 0 Å². The quantitative estimate of drug-likeness (QED) is 0.0677. The van der Waals surface area contributed by atoms with E-state index in [9.17, 15) is 0 Å². The Bertz CT molecular complexity index is 2400. The molecule has 0 saturated carbocycles. The summed E-state index contributed by atoms with van der Waals surface area (Å²) in [5.74, 6) is 0. The van der Waals surface area contributed by atoms with E-state index in [1.807, 2.05) is 0 Å². The molecule has 0 aliphatic carbocycles. The molecule has 7 aromatic carbocycles. The van der Waals surface area contributed by atoms with Gasteiger partial charge in [0.25, 0.3) is 0 Å². The van der Waals surface area contributed by atoms with E-state index in [1.54, 1.807) is 0 Å². The molecule has 55 heavy (non-hydrogen) atoms. The van der Waals surface area contributed by atoms with Gasteiger partial charge in [-0.1, -0.05) is 122 Å². The van der Waals surface area contributed by atoms with Crippen LogP contribution in [0, 0.1) is 14.9 Å². The molecule has 0 radical (unpaired) electrons. The molecule has 0 unspecified atom stereocenters. The smallest absolute Gasteiger partial charge is 0.376 e. The molecule has 3 heteroatoms. The van der Waals surface area contributed by atoms with Crippen molar-refractivity contribution in [3.8, 4) is 11.1 Å². The second-order valence-electron chi connectivity index (χ2n) is 15.4. The van der Waals surface area contributed by atoms with Crippen LogP contribution in [0.4, 0.5) is 0 Å². The Morgan fingerprint density at radius 2 is 1.25 bits per heavy atom. The average Bonchev–Trinajstić information content (AvgIpc) is 3.89. The molecule has 8 rings (SSSR count). The molecule has 0 amide bonds. The van der Waals surface area contributed by atoms with Crippen molar-refractivity contribution in [3.63, 3.8) is 0 Å². The number of nitrogens with zero attached hydrogens (tertiary/aromatic N) is 1. The minimum atomic E-state index is -0.481. The average molecular weight is 889 g/mol. The molecule has 0 bridgehead atoms. The van der Waals surface area contributed by atoms with E-state index in [-0.39, 0.29) is 46.3 Å². The standard InChI is InChI=1S/C50H49NO.2CH3.Hf/c1-49(2,3)52-33-16-6-5-9-18-36-27-29-40(34-36)50(38-19-10-7-11-20-38,39-21-12-8-13-22-39)46-31-30-42-41(24-17-25-43(42)46)37-28-32-48-45(35-37)44-23-14-15-26-47(44)51(48)4;;;/h7-8,10-15,17,19-32,34-35H,5-6,9,16,18,33H2,1-4H3;2*1H3;/q-2;2*-1;+4. The van der Waals surface area contributed by atoms with E-state index < -0.39 is 5.41 Å². The molecule has 2 nitrogen and oxygen atoms in total. The number of para-hydroxylation sites is 1. The molecule has 0 fully saturated rings. The summed E-state index contributed by atoms with van der Waals surface area (Å²) in [5, 5.41) is 5.18. The number of unbranched alkanes of at least 4 members (excludes halogenated alkanes) is 3. The van der Waals surface area contributed by atoms with Crippen molar-refractivity contribution in [2.24, 2.45) is 7.05 Å². The van der Waals surface area contributed by atoms with E-state index in [0.29, 0.717) is 0 Å². The maximum atomic E-state index is 5.95. The van der Waals surface area contributed by atoms with E-state index in [1.165, 1.54) is 90.8 Å². The Kier molecular flexibility index (Phi) is 13.4. The Hall–Kier alpha value is -4.31. The first-order valence-corrected chi connectivity index (χ1v) is 19.0. The van der Waals surface area contributed by atoms with Crippen molar-refractivity contribution in [2.75, 3.05) is 6.61 Å². The maximum absolute atomic E-state index is 5.95. The monoisotopic (exact) mass is 889 g/mol. The molecule has 0 aliphatic heterocycles. The molecule has 0 N–H and O–H groups in total. The van der Waals surface area contributed by atoms with Gasteiger partial charge in [-0.15, -0.1) is 40.1 Å². The zero-order valence-corrected chi connectivity index (χ0v) is 37.1. The van der Waals surface area contributed by atoms with Gasteiger partial charge in [0.05, 0.1) is 5.60 Å². The predicted molar refractivity (Wildman–Crippen MR) is 234 cm³/mol. The zero-order valence-electron chi connectivity index (χ0n) is 33.5. The van der Waals surface area contributed by atoms with Gasteiger partial charge in [0.1, 0.15) is 0 Å². The third kappa shape index (κ3) is 8.02. The van der Waals surface area contributed by atoms with Crippen LogP contribution in [0.1, 0.15) is 74.3 Å². The van der Waals surface area contributed by atoms with Gasteiger partial charge in [-0.3, -0.25) is 0 Å². The SMILES string of the molecule is Cn1c2ccccc2c2cc(-c3cccc4c3cc[c-]4C(c3ccccc3)(c3ccccc3)[c-]3ccc(CCCCCCOC(C)(C)C)c3)ccc21.[CH3-].[CH3-].[Hf+4]. The number of ether oxygens (including phenoxy) is 1. The number of benzene rings is 5. The van der Waals surface area contributed by atoms with Crippen LogP contribution in [0.25, 0.3) is 43.7 Å². The predicted octanol–water partition coefficient (Wildman–Crippen LogP) is 13.8. The minimum absolute atomic E-state index is 0. The number of rotatable bonds is 12. The molecular formula is C52H55HfNO. The van der Waals surface area contributed by atoms with Crippen LogP contribution < -0.4 is 0 Å². The van der Waals surface area contributed by atoms with Crippen molar-refractivity contribution in [3.05, 3.63) is 194 Å². The first-order valence-electron chi connectivity index (χ1n) is 19.0. The summed E-state index contributed by atoms with van der Waals surface area (Å²) in [6.07, 6.45) is 5.82. The van der Waals surface area contributed by atoms with Gasteiger partial charge in [0.15, 0.2) is 0 Å². The van der Waals surface area contributed by atoms with Gasteiger partial charge in [-0.25, -0.2) is 6.07 Å². The fourth-order valence-corrected chi connectivity index (χ4v) is 8.54. The van der Waals surface area contributed by atoms with Crippen LogP contribution in [0.5, 0.6) is 0 Å². The van der Waals surface area contributed by atoms with Gasteiger partial charge in [-0.05, 0) is 67.5 Å². The molecular weight excluding hydrogens is 833 g/mol. The van der Waals surface area contributed by atoms with Crippen molar-refractivity contribution in [2.45, 2.75) is 63.9 Å². The Morgan fingerprint density at radius 1 is 0.600 bits per heavy atom. The topological polar surface area (TPSA) is 14.2 Å². The van der Waals surface area contributed by atoms with Crippen LogP contribution in [-0.2, 0) is 49.5 Å². The largest absolute Gasteiger partial charge is 4.00 e. The van der Waals surface area contributed by atoms with Gasteiger partial charge in [-0.2, -0.15) is 23.8 Å². The van der Waals surface area contributed by atoms with Crippen molar-refractivity contribution >= 4 is 32.6 Å². The Labute approximate surface area is 348 Å². The number of hydrogen-bond donors (Lipinski definition) is 0. The van der Waals surface area contributed by atoms with Crippen LogP contribution in [0.15, 0.2) is 152 Å². The molecule has 8 aromatic rings. The van der Waals surface area contributed by atoms with Crippen LogP contribution in [0.2, 0.25) is 0 Å². The number of fused-ring (bicyclic) bond motifs is 4. The fraction of sp³-hybridized carbons (Fsp3) is 0.231. The number of hydrogen-bond acceptors (Lipinski definition) is 1. The van der Waals surface area contributed by atoms with Gasteiger partial charge < -0.3 is 24.2 Å². The normalized spacial score (nSPS) is 11.7. The summed E-state index contributed by atoms with van der Waals surface area (Å²) in [6.45, 7) is 7.24. The van der Waals surface area contributed by atoms with Crippen molar-refractivity contribution in [1.29, 1.82) is 0 Å². The Balaban J connectivity index is 0.00000193. The van der Waals surface area contributed by atoms with Gasteiger partial charge >= 0.3 is 25.8 Å². The van der Waals surface area contributed by atoms with E-state index in [0.717, 1.165) is 19.4 Å². The summed E-state index contributed by atoms with van der Waals surface area (Å²) >= 11 is 0. The summed E-state index contributed by atoms with van der Waals surface area (Å²) in [4.78, 5) is 0. The molecule has 1 heterocycles. The summed E-state index contributed by atoms with van der Waals surface area (Å²) in [5.41, 5.74) is 11.1. The minimum Gasteiger partial charge on any atom is -0.376 e. The maximum Gasteiger partial charge on any atom is 4.00 e. The first-order chi connectivity index (χ1) is 25.3. The second-order valence-corrected chi connectivity index (χ2v) is 15.4. The fourth-order valence-electron chi connectivity index (χ4n) is 8.54. The summed E-state index contributed by atoms with van der Waals surface area (Å²) in [6, 6.07) is 56.9. The molecule has 1 aromatic heterocycles. The van der Waals surface area contributed by atoms with Crippen molar-refractivity contribution < 1.29 is 30.6 Å². The van der Waals surface area contributed by atoms with Crippen molar-refractivity contribution in [1.82, 2.24) is 4.57 Å². The second kappa shape index (κ2) is 17.7. The van der Waals surface area contributed by atoms with Gasteiger partial charge in [0.2, 0.25) is 0 Å². The summed E-state index contributed by atoms with van der Waals surface area (Å²) in [7, 11) is 2.17. The number of aromatic nitrogens is 1. The molecule has 0 atom stereocenters. The Morgan fingerprint density at radius 3 is 1.96 bits per heavy atom. The molecule has 0 saturated heterocycles. The molecule has 278 valence electrons. The van der Waals surface area contributed by atoms with Crippen LogP contribution in [-0.4, -0.2) is 16.8 Å². The number of aryl methyl sites for hydroxylation is 2. The third-order valence-electron chi connectivity index (χ3n) is 11.0. The third-order valence-corrected chi connectivity index (χ3v) is 11.0.